The van der Waals surface area contributed by atoms with Crippen LogP contribution in [0, 0.1) is 0 Å². The number of hydrazone groups is 1. The summed E-state index contributed by atoms with van der Waals surface area (Å²) in [7, 11) is 0. The summed E-state index contributed by atoms with van der Waals surface area (Å²) < 4.78 is 1.03. The summed E-state index contributed by atoms with van der Waals surface area (Å²) in [5.74, 6) is -0.00285. The number of halogens is 1. The number of nitrogens with one attached hydrogen (secondary N) is 1. The summed E-state index contributed by atoms with van der Waals surface area (Å²) in [4.78, 5) is 11.6. The van der Waals surface area contributed by atoms with Crippen molar-refractivity contribution < 1.29 is 4.79 Å². The summed E-state index contributed by atoms with van der Waals surface area (Å²) in [5, 5.41) is 3.97. The van der Waals surface area contributed by atoms with Gasteiger partial charge in [0.2, 0.25) is 5.91 Å². The van der Waals surface area contributed by atoms with Gasteiger partial charge in [-0.15, -0.1) is 0 Å². The average Bonchev–Trinajstić information content (AvgIpc) is 2.48. The molecule has 1 N–H and O–H groups in total. The summed E-state index contributed by atoms with van der Waals surface area (Å²) in [6, 6.07) is 7.77. The van der Waals surface area contributed by atoms with Crippen molar-refractivity contribution in [3.8, 4) is 0 Å². The van der Waals surface area contributed by atoms with E-state index in [-0.39, 0.29) is 5.91 Å². The molecule has 0 aliphatic carbocycles. The first-order chi connectivity index (χ1) is 10.2. The molecule has 0 aromatic heterocycles. The second kappa shape index (κ2) is 11.5. The molecule has 1 aromatic rings. The van der Waals surface area contributed by atoms with Gasteiger partial charge in [-0.1, -0.05) is 73.5 Å². The lowest BCUT2D eigenvalue weighted by molar-refractivity contribution is -0.121. The molecule has 0 atom stereocenters. The SMILES string of the molecule is CCCCCCCCCC(=O)NN=Cc1ccc(Br)cc1. The Morgan fingerprint density at radius 3 is 2.38 bits per heavy atom. The third-order valence-electron chi connectivity index (χ3n) is 3.28. The van der Waals surface area contributed by atoms with Gasteiger partial charge in [0, 0.05) is 10.9 Å². The molecule has 3 nitrogen and oxygen atoms in total. The predicted molar refractivity (Wildman–Crippen MR) is 92.5 cm³/mol. The topological polar surface area (TPSA) is 41.5 Å². The minimum atomic E-state index is -0.00285. The number of carbonyl (C=O) groups is 1. The lowest BCUT2D eigenvalue weighted by Crippen LogP contribution is -2.16. The minimum Gasteiger partial charge on any atom is -0.273 e. The Morgan fingerprint density at radius 2 is 1.71 bits per heavy atom. The van der Waals surface area contributed by atoms with Gasteiger partial charge in [-0.3, -0.25) is 4.79 Å². The molecular formula is C17H25BrN2O. The van der Waals surface area contributed by atoms with Crippen molar-refractivity contribution >= 4 is 28.1 Å². The normalized spacial score (nSPS) is 11.0. The van der Waals surface area contributed by atoms with E-state index in [4.69, 9.17) is 0 Å². The molecular weight excluding hydrogens is 328 g/mol. The predicted octanol–water partition coefficient (Wildman–Crippen LogP) is 5.04. The van der Waals surface area contributed by atoms with Gasteiger partial charge < -0.3 is 0 Å². The van der Waals surface area contributed by atoms with E-state index >= 15 is 0 Å². The molecule has 0 unspecified atom stereocenters. The third kappa shape index (κ3) is 9.40. The molecule has 0 saturated heterocycles. The van der Waals surface area contributed by atoms with Gasteiger partial charge in [0.05, 0.1) is 6.21 Å². The number of unbranched alkanes of at least 4 members (excludes halogenated alkanes) is 6. The maximum absolute atomic E-state index is 11.6. The fraction of sp³-hybridized carbons (Fsp3) is 0.529. The number of benzene rings is 1. The smallest absolute Gasteiger partial charge is 0.240 e. The van der Waals surface area contributed by atoms with E-state index < -0.39 is 0 Å². The number of rotatable bonds is 10. The minimum absolute atomic E-state index is 0.00285. The maximum Gasteiger partial charge on any atom is 0.240 e. The first-order valence-electron chi connectivity index (χ1n) is 7.80. The number of nitrogens with zero attached hydrogens (tertiary/aromatic N) is 1. The van der Waals surface area contributed by atoms with Crippen LogP contribution in [-0.4, -0.2) is 12.1 Å². The van der Waals surface area contributed by atoms with E-state index in [1.807, 2.05) is 24.3 Å². The molecule has 0 saturated carbocycles. The zero-order valence-corrected chi connectivity index (χ0v) is 14.4. The zero-order valence-electron chi connectivity index (χ0n) is 12.8. The lowest BCUT2D eigenvalue weighted by Gasteiger charge is -2.01. The molecule has 0 radical (unpaired) electrons. The van der Waals surface area contributed by atoms with Crippen molar-refractivity contribution in [2.75, 3.05) is 0 Å². The van der Waals surface area contributed by atoms with Crippen LogP contribution in [0.1, 0.15) is 63.9 Å². The van der Waals surface area contributed by atoms with Gasteiger partial charge in [-0.25, -0.2) is 5.43 Å². The standard InChI is InChI=1S/C17H25BrN2O/c1-2-3-4-5-6-7-8-9-17(21)20-19-14-15-10-12-16(18)13-11-15/h10-14H,2-9H2,1H3,(H,20,21). The molecule has 0 spiro atoms. The summed E-state index contributed by atoms with van der Waals surface area (Å²) in [6.45, 7) is 2.22. The highest BCUT2D eigenvalue weighted by molar-refractivity contribution is 9.10. The third-order valence-corrected chi connectivity index (χ3v) is 3.81. The fourth-order valence-electron chi connectivity index (χ4n) is 2.03. The van der Waals surface area contributed by atoms with Crippen molar-refractivity contribution in [3.05, 3.63) is 34.3 Å². The highest BCUT2D eigenvalue weighted by Gasteiger charge is 1.99. The van der Waals surface area contributed by atoms with Gasteiger partial charge in [-0.2, -0.15) is 5.10 Å². The second-order valence-electron chi connectivity index (χ2n) is 5.22. The Bertz CT molecular complexity index is 429. The van der Waals surface area contributed by atoms with Gasteiger partial charge in [0.1, 0.15) is 0 Å². The molecule has 21 heavy (non-hydrogen) atoms. The molecule has 1 rings (SSSR count). The van der Waals surface area contributed by atoms with Crippen LogP contribution >= 0.6 is 15.9 Å². The van der Waals surface area contributed by atoms with Crippen molar-refractivity contribution in [3.63, 3.8) is 0 Å². The fourth-order valence-corrected chi connectivity index (χ4v) is 2.29. The quantitative estimate of drug-likeness (QED) is 0.357. The molecule has 4 heteroatoms. The molecule has 0 aliphatic rings. The average molecular weight is 353 g/mol. The number of hydrogen-bond acceptors (Lipinski definition) is 2. The largest absolute Gasteiger partial charge is 0.273 e. The maximum atomic E-state index is 11.6. The Morgan fingerprint density at radius 1 is 1.10 bits per heavy atom. The van der Waals surface area contributed by atoms with Gasteiger partial charge in [0.15, 0.2) is 0 Å². The number of carbonyl (C=O) groups excluding carboxylic acids is 1. The highest BCUT2D eigenvalue weighted by Crippen LogP contribution is 2.09. The van der Waals surface area contributed by atoms with Crippen LogP contribution in [0.25, 0.3) is 0 Å². The van der Waals surface area contributed by atoms with Crippen LogP contribution in [-0.2, 0) is 4.79 Å². The lowest BCUT2D eigenvalue weighted by atomic mass is 10.1. The molecule has 0 bridgehead atoms. The van der Waals surface area contributed by atoms with E-state index in [1.165, 1.54) is 32.1 Å². The monoisotopic (exact) mass is 352 g/mol. The summed E-state index contributed by atoms with van der Waals surface area (Å²) in [5.41, 5.74) is 3.54. The molecule has 1 aromatic carbocycles. The molecule has 0 heterocycles. The Balaban J connectivity index is 2.07. The van der Waals surface area contributed by atoms with Crippen molar-refractivity contribution in [1.82, 2.24) is 5.43 Å². The molecule has 0 aliphatic heterocycles. The van der Waals surface area contributed by atoms with E-state index in [0.717, 1.165) is 22.9 Å². The number of amides is 1. The van der Waals surface area contributed by atoms with Gasteiger partial charge in [-0.05, 0) is 24.1 Å². The molecule has 116 valence electrons. The first kappa shape index (κ1) is 17.9. The Hall–Kier alpha value is -1.16. The van der Waals surface area contributed by atoms with Gasteiger partial charge in [0.25, 0.3) is 0 Å². The van der Waals surface area contributed by atoms with E-state index in [2.05, 4.69) is 33.4 Å². The van der Waals surface area contributed by atoms with E-state index in [0.29, 0.717) is 6.42 Å². The van der Waals surface area contributed by atoms with Crippen molar-refractivity contribution in [2.45, 2.75) is 58.3 Å². The van der Waals surface area contributed by atoms with Crippen LogP contribution in [0.2, 0.25) is 0 Å². The number of hydrogen-bond donors (Lipinski definition) is 1. The van der Waals surface area contributed by atoms with Crippen LogP contribution in [0.4, 0.5) is 0 Å². The molecule has 0 fully saturated rings. The van der Waals surface area contributed by atoms with Crippen molar-refractivity contribution in [2.24, 2.45) is 5.10 Å². The second-order valence-corrected chi connectivity index (χ2v) is 6.13. The van der Waals surface area contributed by atoms with E-state index in [1.54, 1.807) is 6.21 Å². The van der Waals surface area contributed by atoms with Crippen LogP contribution in [0.3, 0.4) is 0 Å². The zero-order chi connectivity index (χ0) is 15.3. The van der Waals surface area contributed by atoms with Crippen LogP contribution < -0.4 is 5.43 Å². The Labute approximate surface area is 136 Å². The first-order valence-corrected chi connectivity index (χ1v) is 8.59. The summed E-state index contributed by atoms with van der Waals surface area (Å²) >= 11 is 3.38. The van der Waals surface area contributed by atoms with Crippen LogP contribution in [0.5, 0.6) is 0 Å². The Kier molecular flexibility index (Phi) is 9.79. The van der Waals surface area contributed by atoms with Crippen LogP contribution in [0.15, 0.2) is 33.8 Å². The van der Waals surface area contributed by atoms with Gasteiger partial charge >= 0.3 is 0 Å². The highest BCUT2D eigenvalue weighted by atomic mass is 79.9. The van der Waals surface area contributed by atoms with E-state index in [9.17, 15) is 4.79 Å². The van der Waals surface area contributed by atoms with Crippen molar-refractivity contribution in [1.29, 1.82) is 0 Å². The molecule has 1 amide bonds. The summed E-state index contributed by atoms with van der Waals surface area (Å²) in [6.07, 6.45) is 10.7.